The highest BCUT2D eigenvalue weighted by Gasteiger charge is 2.31. The third-order valence-corrected chi connectivity index (χ3v) is 3.12. The standard InChI is InChI=1S/C12H16F2N2/c1-12(2)4-3-9(6-12)16-11-10(14)5-8(13)7-15-11/h5,7,9H,3-4,6H2,1-2H3,(H,15,16). The SMILES string of the molecule is CC1(C)CCC(Nc2ncc(F)cc2F)C1. The molecule has 0 spiro atoms. The fourth-order valence-corrected chi connectivity index (χ4v) is 2.27. The van der Waals surface area contributed by atoms with Crippen LogP contribution in [0.25, 0.3) is 0 Å². The topological polar surface area (TPSA) is 24.9 Å². The molecule has 1 aromatic rings. The van der Waals surface area contributed by atoms with E-state index < -0.39 is 11.6 Å². The molecular weight excluding hydrogens is 210 g/mol. The van der Waals surface area contributed by atoms with E-state index in [0.717, 1.165) is 31.5 Å². The lowest BCUT2D eigenvalue weighted by Crippen LogP contribution is -2.19. The number of aromatic nitrogens is 1. The molecule has 1 fully saturated rings. The lowest BCUT2D eigenvalue weighted by Gasteiger charge is -2.18. The zero-order valence-electron chi connectivity index (χ0n) is 9.56. The Balaban J connectivity index is 2.05. The lowest BCUT2D eigenvalue weighted by atomic mass is 9.92. The summed E-state index contributed by atoms with van der Waals surface area (Å²) < 4.78 is 26.0. The van der Waals surface area contributed by atoms with E-state index in [-0.39, 0.29) is 11.9 Å². The van der Waals surface area contributed by atoms with Gasteiger partial charge in [0, 0.05) is 12.1 Å². The van der Waals surface area contributed by atoms with E-state index in [4.69, 9.17) is 0 Å². The molecule has 0 bridgehead atoms. The number of nitrogens with zero attached hydrogens (tertiary/aromatic N) is 1. The van der Waals surface area contributed by atoms with Crippen molar-refractivity contribution in [1.82, 2.24) is 4.98 Å². The van der Waals surface area contributed by atoms with E-state index in [2.05, 4.69) is 24.1 Å². The average molecular weight is 226 g/mol. The molecule has 88 valence electrons. The van der Waals surface area contributed by atoms with Crippen LogP contribution in [0.15, 0.2) is 12.3 Å². The van der Waals surface area contributed by atoms with Crippen LogP contribution in [0.2, 0.25) is 0 Å². The van der Waals surface area contributed by atoms with E-state index in [1.807, 2.05) is 0 Å². The molecule has 1 atom stereocenters. The van der Waals surface area contributed by atoms with Crippen LogP contribution >= 0.6 is 0 Å². The van der Waals surface area contributed by atoms with Gasteiger partial charge in [0.25, 0.3) is 0 Å². The van der Waals surface area contributed by atoms with Crippen LogP contribution in [0.4, 0.5) is 14.6 Å². The first kappa shape index (κ1) is 11.3. The number of anilines is 1. The second kappa shape index (κ2) is 4.00. The smallest absolute Gasteiger partial charge is 0.168 e. The van der Waals surface area contributed by atoms with Gasteiger partial charge in [0.1, 0.15) is 5.82 Å². The first-order chi connectivity index (χ1) is 7.46. The minimum atomic E-state index is -0.644. The van der Waals surface area contributed by atoms with Crippen molar-refractivity contribution in [3.63, 3.8) is 0 Å². The second-order valence-electron chi connectivity index (χ2n) is 5.23. The Bertz CT molecular complexity index is 391. The molecule has 1 heterocycles. The Morgan fingerprint density at radius 1 is 1.44 bits per heavy atom. The molecule has 1 saturated carbocycles. The molecule has 1 aliphatic carbocycles. The van der Waals surface area contributed by atoms with Crippen LogP contribution in [-0.2, 0) is 0 Å². The van der Waals surface area contributed by atoms with Crippen molar-refractivity contribution in [3.8, 4) is 0 Å². The zero-order chi connectivity index (χ0) is 11.8. The molecule has 2 rings (SSSR count). The van der Waals surface area contributed by atoms with Crippen molar-refractivity contribution in [2.75, 3.05) is 5.32 Å². The number of nitrogens with one attached hydrogen (secondary N) is 1. The first-order valence-corrected chi connectivity index (χ1v) is 5.54. The van der Waals surface area contributed by atoms with Gasteiger partial charge in [-0.25, -0.2) is 13.8 Å². The van der Waals surface area contributed by atoms with Crippen LogP contribution in [-0.4, -0.2) is 11.0 Å². The van der Waals surface area contributed by atoms with Gasteiger partial charge in [0.15, 0.2) is 11.6 Å². The number of pyridine rings is 1. The molecule has 0 aromatic carbocycles. The number of hydrogen-bond acceptors (Lipinski definition) is 2. The summed E-state index contributed by atoms with van der Waals surface area (Å²) in [6.45, 7) is 4.40. The molecular formula is C12H16F2N2. The Hall–Kier alpha value is -1.19. The third-order valence-electron chi connectivity index (χ3n) is 3.12. The van der Waals surface area contributed by atoms with Gasteiger partial charge in [-0.3, -0.25) is 0 Å². The summed E-state index contributed by atoms with van der Waals surface area (Å²) >= 11 is 0. The molecule has 0 amide bonds. The normalized spacial score (nSPS) is 23.4. The van der Waals surface area contributed by atoms with Crippen molar-refractivity contribution in [1.29, 1.82) is 0 Å². The van der Waals surface area contributed by atoms with Gasteiger partial charge in [0.05, 0.1) is 6.20 Å². The molecule has 0 aliphatic heterocycles. The van der Waals surface area contributed by atoms with Crippen molar-refractivity contribution >= 4 is 5.82 Å². The van der Waals surface area contributed by atoms with Crippen LogP contribution in [0.1, 0.15) is 33.1 Å². The van der Waals surface area contributed by atoms with Crippen molar-refractivity contribution < 1.29 is 8.78 Å². The van der Waals surface area contributed by atoms with Gasteiger partial charge >= 0.3 is 0 Å². The second-order valence-corrected chi connectivity index (χ2v) is 5.23. The van der Waals surface area contributed by atoms with Crippen LogP contribution in [0.5, 0.6) is 0 Å². The number of rotatable bonds is 2. The summed E-state index contributed by atoms with van der Waals surface area (Å²) in [6.07, 6.45) is 4.15. The lowest BCUT2D eigenvalue weighted by molar-refractivity contribution is 0.378. The van der Waals surface area contributed by atoms with Crippen molar-refractivity contribution in [3.05, 3.63) is 23.9 Å². The summed E-state index contributed by atoms with van der Waals surface area (Å²) in [5, 5.41) is 3.04. The van der Waals surface area contributed by atoms with Gasteiger partial charge < -0.3 is 5.32 Å². The van der Waals surface area contributed by atoms with Gasteiger partial charge in [-0.1, -0.05) is 13.8 Å². The highest BCUT2D eigenvalue weighted by molar-refractivity contribution is 5.37. The minimum absolute atomic E-state index is 0.157. The monoisotopic (exact) mass is 226 g/mol. The molecule has 0 radical (unpaired) electrons. The minimum Gasteiger partial charge on any atom is -0.365 e. The van der Waals surface area contributed by atoms with E-state index in [0.29, 0.717) is 5.41 Å². The summed E-state index contributed by atoms with van der Waals surface area (Å²) in [5.74, 6) is -1.11. The van der Waals surface area contributed by atoms with E-state index in [1.54, 1.807) is 0 Å². The maximum atomic E-state index is 13.3. The largest absolute Gasteiger partial charge is 0.365 e. The summed E-state index contributed by atoms with van der Waals surface area (Å²) in [5.41, 5.74) is 0.300. The molecule has 2 nitrogen and oxygen atoms in total. The summed E-state index contributed by atoms with van der Waals surface area (Å²) in [4.78, 5) is 3.73. The molecule has 16 heavy (non-hydrogen) atoms. The van der Waals surface area contributed by atoms with Gasteiger partial charge in [0.2, 0.25) is 0 Å². The van der Waals surface area contributed by atoms with Crippen LogP contribution in [0.3, 0.4) is 0 Å². The van der Waals surface area contributed by atoms with E-state index >= 15 is 0 Å². The molecule has 1 N–H and O–H groups in total. The van der Waals surface area contributed by atoms with Crippen molar-refractivity contribution in [2.45, 2.75) is 39.2 Å². The summed E-state index contributed by atoms with van der Waals surface area (Å²) in [7, 11) is 0. The van der Waals surface area contributed by atoms with Crippen molar-refractivity contribution in [2.24, 2.45) is 5.41 Å². The fourth-order valence-electron chi connectivity index (χ4n) is 2.27. The first-order valence-electron chi connectivity index (χ1n) is 5.54. The average Bonchev–Trinajstić information content (AvgIpc) is 2.51. The predicted octanol–water partition coefficient (Wildman–Crippen LogP) is 3.35. The predicted molar refractivity (Wildman–Crippen MR) is 59.2 cm³/mol. The Kier molecular flexibility index (Phi) is 2.82. The highest BCUT2D eigenvalue weighted by atomic mass is 19.1. The third kappa shape index (κ3) is 2.49. The van der Waals surface area contributed by atoms with Gasteiger partial charge in [-0.05, 0) is 24.7 Å². The highest BCUT2D eigenvalue weighted by Crippen LogP contribution is 2.38. The molecule has 1 aromatic heterocycles. The number of halogens is 2. The number of hydrogen-bond donors (Lipinski definition) is 1. The molecule has 0 saturated heterocycles. The fraction of sp³-hybridized carbons (Fsp3) is 0.583. The van der Waals surface area contributed by atoms with Crippen LogP contribution < -0.4 is 5.32 Å². The maximum absolute atomic E-state index is 13.3. The van der Waals surface area contributed by atoms with E-state index in [1.165, 1.54) is 0 Å². The van der Waals surface area contributed by atoms with Crippen LogP contribution in [0, 0.1) is 17.0 Å². The zero-order valence-corrected chi connectivity index (χ0v) is 9.56. The van der Waals surface area contributed by atoms with E-state index in [9.17, 15) is 8.78 Å². The molecule has 1 unspecified atom stereocenters. The Morgan fingerprint density at radius 3 is 2.75 bits per heavy atom. The Morgan fingerprint density at radius 2 is 2.19 bits per heavy atom. The van der Waals surface area contributed by atoms with Gasteiger partial charge in [-0.2, -0.15) is 0 Å². The Labute approximate surface area is 94.1 Å². The molecule has 1 aliphatic rings. The van der Waals surface area contributed by atoms with Gasteiger partial charge in [-0.15, -0.1) is 0 Å². The quantitative estimate of drug-likeness (QED) is 0.836. The molecule has 4 heteroatoms. The summed E-state index contributed by atoms with van der Waals surface area (Å²) in [6, 6.07) is 1.09. The maximum Gasteiger partial charge on any atom is 0.168 e.